The van der Waals surface area contributed by atoms with Crippen molar-refractivity contribution < 1.29 is 18.9 Å². The van der Waals surface area contributed by atoms with Crippen molar-refractivity contribution >= 4 is 11.6 Å². The maximum absolute atomic E-state index is 5.56. The van der Waals surface area contributed by atoms with Crippen molar-refractivity contribution in [2.45, 2.75) is 32.6 Å². The minimum absolute atomic E-state index is 0.611. The number of ether oxygens (including phenoxy) is 4. The topological polar surface area (TPSA) is 36.9 Å². The average Bonchev–Trinajstić information content (AvgIpc) is 2.43. The van der Waals surface area contributed by atoms with E-state index in [2.05, 4.69) is 6.92 Å². The lowest BCUT2D eigenvalue weighted by Gasteiger charge is -2.07. The standard InChI is InChI=1S/C14H29ClO4/c1-2-3-7-16-9-11-18-13-14-19-12-10-17-8-5-4-6-15/h2-14H2,1H3. The van der Waals surface area contributed by atoms with Crippen molar-refractivity contribution in [2.24, 2.45) is 0 Å². The molecular formula is C14H29ClO4. The molecule has 0 saturated carbocycles. The molecule has 0 N–H and O–H groups in total. The van der Waals surface area contributed by atoms with Gasteiger partial charge in [0.15, 0.2) is 0 Å². The SMILES string of the molecule is CCCCOCCOCCOCCOCCCCCl. The van der Waals surface area contributed by atoms with Gasteiger partial charge in [0, 0.05) is 19.1 Å². The van der Waals surface area contributed by atoms with Crippen molar-refractivity contribution in [3.05, 3.63) is 0 Å². The van der Waals surface area contributed by atoms with Crippen LogP contribution >= 0.6 is 11.6 Å². The molecule has 0 unspecified atom stereocenters. The Bertz CT molecular complexity index is 142. The van der Waals surface area contributed by atoms with Gasteiger partial charge in [0.05, 0.1) is 39.6 Å². The van der Waals surface area contributed by atoms with Gasteiger partial charge in [-0.3, -0.25) is 0 Å². The summed E-state index contributed by atoms with van der Waals surface area (Å²) in [5.41, 5.74) is 0. The fraction of sp³-hybridized carbons (Fsp3) is 1.00. The van der Waals surface area contributed by atoms with Gasteiger partial charge >= 0.3 is 0 Å². The van der Waals surface area contributed by atoms with Crippen LogP contribution in [0.1, 0.15) is 32.6 Å². The van der Waals surface area contributed by atoms with E-state index in [0.717, 1.165) is 32.5 Å². The first kappa shape index (κ1) is 19.1. The maximum Gasteiger partial charge on any atom is 0.0701 e. The zero-order valence-electron chi connectivity index (χ0n) is 12.2. The molecule has 0 radical (unpaired) electrons. The van der Waals surface area contributed by atoms with Crippen LogP contribution in [0.2, 0.25) is 0 Å². The minimum atomic E-state index is 0.611. The molecule has 0 heterocycles. The summed E-state index contributed by atoms with van der Waals surface area (Å²) in [6.45, 7) is 7.55. The van der Waals surface area contributed by atoms with Crippen LogP contribution in [-0.4, -0.2) is 58.7 Å². The summed E-state index contributed by atoms with van der Waals surface area (Å²) >= 11 is 5.56. The highest BCUT2D eigenvalue weighted by molar-refractivity contribution is 6.17. The predicted molar refractivity (Wildman–Crippen MR) is 78.1 cm³/mol. The highest BCUT2D eigenvalue weighted by Crippen LogP contribution is 1.92. The molecule has 0 amide bonds. The molecule has 0 aliphatic heterocycles. The lowest BCUT2D eigenvalue weighted by atomic mass is 10.4. The fourth-order valence-electron chi connectivity index (χ4n) is 1.31. The Morgan fingerprint density at radius 2 is 1.00 bits per heavy atom. The van der Waals surface area contributed by atoms with E-state index in [-0.39, 0.29) is 0 Å². The van der Waals surface area contributed by atoms with Gasteiger partial charge in [-0.2, -0.15) is 0 Å². The van der Waals surface area contributed by atoms with E-state index in [0.29, 0.717) is 45.5 Å². The Hall–Kier alpha value is 0.130. The molecule has 0 aromatic carbocycles. The first-order valence-electron chi connectivity index (χ1n) is 7.28. The number of rotatable bonds is 16. The van der Waals surface area contributed by atoms with Crippen LogP contribution in [0, 0.1) is 0 Å². The summed E-state index contributed by atoms with van der Waals surface area (Å²) in [5.74, 6) is 0.708. The summed E-state index contributed by atoms with van der Waals surface area (Å²) < 4.78 is 21.5. The van der Waals surface area contributed by atoms with Crippen molar-refractivity contribution in [1.82, 2.24) is 0 Å². The molecule has 4 nitrogen and oxygen atoms in total. The van der Waals surface area contributed by atoms with Gasteiger partial charge in [0.25, 0.3) is 0 Å². The average molecular weight is 297 g/mol. The highest BCUT2D eigenvalue weighted by atomic mass is 35.5. The third-order valence-corrected chi connectivity index (χ3v) is 2.70. The molecule has 0 aliphatic rings. The van der Waals surface area contributed by atoms with E-state index in [9.17, 15) is 0 Å². The quantitative estimate of drug-likeness (QED) is 0.324. The Morgan fingerprint density at radius 3 is 1.42 bits per heavy atom. The Labute approximate surface area is 122 Å². The van der Waals surface area contributed by atoms with E-state index < -0.39 is 0 Å². The number of halogens is 1. The second-order valence-electron chi connectivity index (χ2n) is 4.20. The number of unbranched alkanes of at least 4 members (excludes halogenated alkanes) is 2. The third-order valence-electron chi connectivity index (χ3n) is 2.43. The number of alkyl halides is 1. The molecule has 19 heavy (non-hydrogen) atoms. The van der Waals surface area contributed by atoms with Crippen molar-refractivity contribution in [3.63, 3.8) is 0 Å². The van der Waals surface area contributed by atoms with Gasteiger partial charge in [-0.1, -0.05) is 13.3 Å². The van der Waals surface area contributed by atoms with Crippen molar-refractivity contribution in [3.8, 4) is 0 Å². The molecule has 5 heteroatoms. The molecule has 0 aliphatic carbocycles. The molecule has 0 atom stereocenters. The second kappa shape index (κ2) is 18.1. The molecule has 0 fully saturated rings. The van der Waals surface area contributed by atoms with Gasteiger partial charge in [-0.15, -0.1) is 11.6 Å². The van der Waals surface area contributed by atoms with Crippen LogP contribution in [0.4, 0.5) is 0 Å². The van der Waals surface area contributed by atoms with Crippen LogP contribution in [0.25, 0.3) is 0 Å². The molecule has 116 valence electrons. The van der Waals surface area contributed by atoms with E-state index in [1.807, 2.05) is 0 Å². The summed E-state index contributed by atoms with van der Waals surface area (Å²) in [7, 11) is 0. The van der Waals surface area contributed by atoms with Crippen LogP contribution in [0.5, 0.6) is 0 Å². The van der Waals surface area contributed by atoms with Gasteiger partial charge < -0.3 is 18.9 Å². The second-order valence-corrected chi connectivity index (χ2v) is 4.58. The summed E-state index contributed by atoms with van der Waals surface area (Å²) in [6.07, 6.45) is 4.32. The van der Waals surface area contributed by atoms with Crippen LogP contribution in [0.15, 0.2) is 0 Å². The summed E-state index contributed by atoms with van der Waals surface area (Å²) in [4.78, 5) is 0. The van der Waals surface area contributed by atoms with Crippen molar-refractivity contribution in [2.75, 3.05) is 58.7 Å². The van der Waals surface area contributed by atoms with Gasteiger partial charge in [-0.05, 0) is 19.3 Å². The van der Waals surface area contributed by atoms with Gasteiger partial charge in [0.1, 0.15) is 0 Å². The summed E-state index contributed by atoms with van der Waals surface area (Å²) in [5, 5.41) is 0. The Kier molecular flexibility index (Phi) is 18.3. The smallest absolute Gasteiger partial charge is 0.0701 e. The van der Waals surface area contributed by atoms with E-state index in [1.54, 1.807) is 0 Å². The molecule has 0 bridgehead atoms. The number of hydrogen-bond donors (Lipinski definition) is 0. The maximum atomic E-state index is 5.56. The fourth-order valence-corrected chi connectivity index (χ4v) is 1.50. The lowest BCUT2D eigenvalue weighted by Crippen LogP contribution is -2.12. The normalized spacial score (nSPS) is 11.1. The first-order valence-corrected chi connectivity index (χ1v) is 7.82. The molecule has 0 spiro atoms. The Morgan fingerprint density at radius 1 is 0.579 bits per heavy atom. The molecule has 0 saturated heterocycles. The van der Waals surface area contributed by atoms with Crippen molar-refractivity contribution in [1.29, 1.82) is 0 Å². The lowest BCUT2D eigenvalue weighted by molar-refractivity contribution is -0.00226. The van der Waals surface area contributed by atoms with Crippen LogP contribution < -0.4 is 0 Å². The first-order chi connectivity index (χ1) is 9.41. The zero-order valence-corrected chi connectivity index (χ0v) is 13.0. The largest absolute Gasteiger partial charge is 0.379 e. The van der Waals surface area contributed by atoms with Crippen LogP contribution in [0.3, 0.4) is 0 Å². The van der Waals surface area contributed by atoms with E-state index in [1.165, 1.54) is 6.42 Å². The molecule has 0 aromatic rings. The highest BCUT2D eigenvalue weighted by Gasteiger charge is 1.92. The van der Waals surface area contributed by atoms with E-state index in [4.69, 9.17) is 30.5 Å². The molecular weight excluding hydrogens is 268 g/mol. The third kappa shape index (κ3) is 18.1. The monoisotopic (exact) mass is 296 g/mol. The number of hydrogen-bond acceptors (Lipinski definition) is 4. The van der Waals surface area contributed by atoms with Crippen LogP contribution in [-0.2, 0) is 18.9 Å². The van der Waals surface area contributed by atoms with Gasteiger partial charge in [-0.25, -0.2) is 0 Å². The summed E-state index contributed by atoms with van der Waals surface area (Å²) in [6, 6.07) is 0. The zero-order chi connectivity index (χ0) is 14.0. The minimum Gasteiger partial charge on any atom is -0.379 e. The molecule has 0 aromatic heterocycles. The predicted octanol–water partition coefficient (Wildman–Crippen LogP) is 2.87. The van der Waals surface area contributed by atoms with E-state index >= 15 is 0 Å². The Balaban J connectivity index is 2.88. The van der Waals surface area contributed by atoms with Gasteiger partial charge in [0.2, 0.25) is 0 Å². The molecule has 0 rings (SSSR count).